The fourth-order valence-corrected chi connectivity index (χ4v) is 1.40. The average Bonchev–Trinajstić information content (AvgIpc) is 2.15. The van der Waals surface area contributed by atoms with Crippen molar-refractivity contribution in [3.8, 4) is 6.07 Å². The molecule has 0 saturated carbocycles. The third-order valence-corrected chi connectivity index (χ3v) is 3.56. The highest BCUT2D eigenvalue weighted by molar-refractivity contribution is 7.84. The molecule has 0 spiro atoms. The first-order valence-corrected chi connectivity index (χ1v) is 6.40. The van der Waals surface area contributed by atoms with E-state index in [0.717, 1.165) is 0 Å². The van der Waals surface area contributed by atoms with Gasteiger partial charge in [0.25, 0.3) is 0 Å². The van der Waals surface area contributed by atoms with E-state index in [4.69, 9.17) is 5.26 Å². The Morgan fingerprint density at radius 1 is 1.50 bits per heavy atom. The van der Waals surface area contributed by atoms with E-state index < -0.39 is 29.4 Å². The molecule has 0 radical (unpaired) electrons. The molecular weight excluding hydrogens is 241 g/mol. The summed E-state index contributed by atoms with van der Waals surface area (Å²) in [6.07, 6.45) is -2.40. The van der Waals surface area contributed by atoms with Crippen LogP contribution in [0.25, 0.3) is 0 Å². The highest BCUT2D eigenvalue weighted by Gasteiger charge is 2.39. The van der Waals surface area contributed by atoms with Gasteiger partial charge >= 0.3 is 6.18 Å². The van der Waals surface area contributed by atoms with Gasteiger partial charge in [0.15, 0.2) is 5.92 Å². The molecule has 3 unspecified atom stereocenters. The lowest BCUT2D eigenvalue weighted by atomic mass is 10.1. The molecule has 0 aromatic heterocycles. The van der Waals surface area contributed by atoms with E-state index >= 15 is 0 Å². The van der Waals surface area contributed by atoms with E-state index in [1.54, 1.807) is 13.2 Å². The molecule has 0 amide bonds. The largest absolute Gasteiger partial charge is 0.405 e. The second-order valence-corrected chi connectivity index (χ2v) is 5.33. The minimum atomic E-state index is -4.49. The lowest BCUT2D eigenvalue weighted by molar-refractivity contribution is -0.157. The molecule has 3 atom stereocenters. The van der Waals surface area contributed by atoms with Crippen molar-refractivity contribution in [3.05, 3.63) is 0 Å². The molecule has 0 aromatic rings. The number of halogens is 3. The van der Waals surface area contributed by atoms with Crippen LogP contribution in [0.1, 0.15) is 13.3 Å². The quantitative estimate of drug-likeness (QED) is 0.731. The van der Waals surface area contributed by atoms with Crippen molar-refractivity contribution < 1.29 is 17.4 Å². The van der Waals surface area contributed by atoms with Gasteiger partial charge < -0.3 is 5.32 Å². The second kappa shape index (κ2) is 6.86. The zero-order valence-corrected chi connectivity index (χ0v) is 9.99. The molecule has 0 aromatic carbocycles. The summed E-state index contributed by atoms with van der Waals surface area (Å²) >= 11 is 0. The van der Waals surface area contributed by atoms with Gasteiger partial charge in [0.1, 0.15) is 0 Å². The predicted molar refractivity (Wildman–Crippen MR) is 56.2 cm³/mol. The Labute approximate surface area is 95.5 Å². The van der Waals surface area contributed by atoms with E-state index in [-0.39, 0.29) is 5.25 Å². The molecule has 0 aliphatic carbocycles. The maximum absolute atomic E-state index is 12.1. The summed E-state index contributed by atoms with van der Waals surface area (Å²) in [4.78, 5) is 0. The Hall–Kier alpha value is -0.610. The number of alkyl halides is 3. The van der Waals surface area contributed by atoms with Gasteiger partial charge in [0.2, 0.25) is 0 Å². The predicted octanol–water partition coefficient (Wildman–Crippen LogP) is 1.44. The Morgan fingerprint density at radius 2 is 2.06 bits per heavy atom. The Bertz CT molecular complexity index is 275. The number of nitrogens with zero attached hydrogens (tertiary/aromatic N) is 1. The molecule has 0 rings (SSSR count). The first-order chi connectivity index (χ1) is 7.29. The van der Waals surface area contributed by atoms with Crippen LogP contribution < -0.4 is 5.32 Å². The van der Waals surface area contributed by atoms with Crippen molar-refractivity contribution in [1.82, 2.24) is 5.32 Å². The molecule has 3 nitrogen and oxygen atoms in total. The molecule has 1 N–H and O–H groups in total. The van der Waals surface area contributed by atoms with E-state index in [9.17, 15) is 17.4 Å². The molecule has 94 valence electrons. The van der Waals surface area contributed by atoms with Crippen LogP contribution in [0.5, 0.6) is 0 Å². The molecule has 7 heteroatoms. The van der Waals surface area contributed by atoms with Gasteiger partial charge in [-0.25, -0.2) is 0 Å². The van der Waals surface area contributed by atoms with Gasteiger partial charge in [-0.15, -0.1) is 0 Å². The van der Waals surface area contributed by atoms with E-state index in [0.29, 0.717) is 13.0 Å². The van der Waals surface area contributed by atoms with E-state index in [1.807, 2.05) is 0 Å². The smallest absolute Gasteiger partial charge is 0.315 e. The third-order valence-electron chi connectivity index (χ3n) is 2.19. The van der Waals surface area contributed by atoms with Gasteiger partial charge in [-0.05, 0) is 13.0 Å². The molecule has 0 fully saturated rings. The molecule has 0 heterocycles. The maximum atomic E-state index is 12.1. The number of hydrogen-bond donors (Lipinski definition) is 1. The van der Waals surface area contributed by atoms with E-state index in [2.05, 4.69) is 5.32 Å². The van der Waals surface area contributed by atoms with Crippen LogP contribution >= 0.6 is 0 Å². The van der Waals surface area contributed by atoms with Crippen LogP contribution in [-0.4, -0.2) is 35.0 Å². The molecular formula is C9H15F3N2OS. The molecule has 16 heavy (non-hydrogen) atoms. The lowest BCUT2D eigenvalue weighted by Crippen LogP contribution is -2.33. The zero-order chi connectivity index (χ0) is 12.8. The summed E-state index contributed by atoms with van der Waals surface area (Å²) in [5.74, 6) is -1.98. The minimum absolute atomic E-state index is 0.0566. The molecule has 0 saturated heterocycles. The van der Waals surface area contributed by atoms with Crippen molar-refractivity contribution in [2.24, 2.45) is 5.92 Å². The first-order valence-electron chi connectivity index (χ1n) is 4.78. The highest BCUT2D eigenvalue weighted by Crippen LogP contribution is 2.24. The van der Waals surface area contributed by atoms with Crippen LogP contribution in [0.2, 0.25) is 0 Å². The summed E-state index contributed by atoms with van der Waals surface area (Å²) in [6, 6.07) is 1.21. The zero-order valence-electron chi connectivity index (χ0n) is 9.17. The van der Waals surface area contributed by atoms with Crippen LogP contribution in [0.4, 0.5) is 13.2 Å². The lowest BCUT2D eigenvalue weighted by Gasteiger charge is -2.14. The average molecular weight is 256 g/mol. The number of nitriles is 1. The van der Waals surface area contributed by atoms with Crippen molar-refractivity contribution >= 4 is 10.8 Å². The van der Waals surface area contributed by atoms with Crippen molar-refractivity contribution in [2.75, 3.05) is 19.3 Å². The Balaban J connectivity index is 3.82. The van der Waals surface area contributed by atoms with Crippen LogP contribution in [0.3, 0.4) is 0 Å². The first kappa shape index (κ1) is 15.4. The maximum Gasteiger partial charge on any atom is 0.405 e. The van der Waals surface area contributed by atoms with Crippen LogP contribution in [-0.2, 0) is 10.8 Å². The topological polar surface area (TPSA) is 52.9 Å². The highest BCUT2D eigenvalue weighted by atomic mass is 32.2. The number of hydrogen-bond acceptors (Lipinski definition) is 3. The van der Waals surface area contributed by atoms with Crippen LogP contribution in [0.15, 0.2) is 0 Å². The number of nitrogens with one attached hydrogen (secondary N) is 1. The molecule has 0 bridgehead atoms. The molecule has 0 aliphatic rings. The van der Waals surface area contributed by atoms with Crippen LogP contribution in [0, 0.1) is 17.2 Å². The minimum Gasteiger partial charge on any atom is -0.315 e. The van der Waals surface area contributed by atoms with Gasteiger partial charge in [-0.2, -0.15) is 18.4 Å². The summed E-state index contributed by atoms with van der Waals surface area (Å²) < 4.78 is 47.3. The Morgan fingerprint density at radius 3 is 2.44 bits per heavy atom. The van der Waals surface area contributed by atoms with Gasteiger partial charge in [0.05, 0.1) is 6.07 Å². The SMILES string of the molecule is CC(CCNCC(C#N)C(F)(F)F)S(C)=O. The summed E-state index contributed by atoms with van der Waals surface area (Å²) in [5, 5.41) is 10.8. The summed E-state index contributed by atoms with van der Waals surface area (Å²) in [6.45, 7) is 1.68. The van der Waals surface area contributed by atoms with Crippen molar-refractivity contribution in [3.63, 3.8) is 0 Å². The van der Waals surface area contributed by atoms with E-state index in [1.165, 1.54) is 6.07 Å². The monoisotopic (exact) mass is 256 g/mol. The number of rotatable bonds is 6. The third kappa shape index (κ3) is 6.08. The Kier molecular flexibility index (Phi) is 6.60. The standard InChI is InChI=1S/C9H15F3N2OS/c1-7(16(2)15)3-4-14-6-8(5-13)9(10,11)12/h7-8,14H,3-4,6H2,1-2H3. The fraction of sp³-hybridized carbons (Fsp3) is 0.889. The fourth-order valence-electron chi connectivity index (χ4n) is 0.952. The second-order valence-electron chi connectivity index (χ2n) is 3.53. The van der Waals surface area contributed by atoms with Gasteiger partial charge in [-0.3, -0.25) is 4.21 Å². The van der Waals surface area contributed by atoms with Crippen molar-refractivity contribution in [1.29, 1.82) is 5.26 Å². The summed E-state index contributed by atoms with van der Waals surface area (Å²) in [5.41, 5.74) is 0. The summed E-state index contributed by atoms with van der Waals surface area (Å²) in [7, 11) is -0.971. The molecule has 0 aliphatic heterocycles. The van der Waals surface area contributed by atoms with Crippen molar-refractivity contribution in [2.45, 2.75) is 24.8 Å². The van der Waals surface area contributed by atoms with Gasteiger partial charge in [-0.1, -0.05) is 6.92 Å². The van der Waals surface area contributed by atoms with Gasteiger partial charge in [0, 0.05) is 28.9 Å². The normalized spacial score (nSPS) is 17.5.